The Morgan fingerprint density at radius 1 is 1.43 bits per heavy atom. The zero-order chi connectivity index (χ0) is 9.97. The number of rotatable bonds is 2. The average Bonchev–Trinajstić information content (AvgIpc) is 2.18. The maximum absolute atomic E-state index is 11.0. The molecule has 2 rings (SSSR count). The van der Waals surface area contributed by atoms with Crippen LogP contribution in [0.2, 0.25) is 0 Å². The highest BCUT2D eigenvalue weighted by Crippen LogP contribution is 2.26. The molecule has 0 saturated heterocycles. The molecule has 0 N–H and O–H groups in total. The fraction of sp³-hybridized carbons (Fsp3) is 0.364. The van der Waals surface area contributed by atoms with E-state index in [0.717, 1.165) is 19.4 Å². The molecule has 1 aliphatic heterocycles. The molecule has 3 heteroatoms. The predicted octanol–water partition coefficient (Wildman–Crippen LogP) is 2.36. The van der Waals surface area contributed by atoms with Gasteiger partial charge in [0.2, 0.25) is 4.69 Å². The smallest absolute Gasteiger partial charge is 0.216 e. The van der Waals surface area contributed by atoms with Crippen molar-refractivity contribution in [1.29, 1.82) is 0 Å². The minimum Gasteiger partial charge on any atom is -0.363 e. The molecular formula is C11H12BrNO. The van der Waals surface area contributed by atoms with E-state index in [1.807, 2.05) is 6.07 Å². The quantitative estimate of drug-likeness (QED) is 0.755. The summed E-state index contributed by atoms with van der Waals surface area (Å²) in [5, 5.41) is 0. The van der Waals surface area contributed by atoms with Crippen molar-refractivity contribution >= 4 is 26.3 Å². The highest BCUT2D eigenvalue weighted by molar-refractivity contribution is 9.18. The monoisotopic (exact) mass is 253 g/mol. The lowest BCUT2D eigenvalue weighted by molar-refractivity contribution is -0.109. The number of para-hydroxylation sites is 1. The van der Waals surface area contributed by atoms with Crippen LogP contribution in [0.3, 0.4) is 0 Å². The SMILES string of the molecule is O=C(Br)CN1CCCc2ccccc21. The highest BCUT2D eigenvalue weighted by atomic mass is 79.9. The molecule has 0 radical (unpaired) electrons. The van der Waals surface area contributed by atoms with Crippen LogP contribution in [0.4, 0.5) is 5.69 Å². The number of nitrogens with zero attached hydrogens (tertiary/aromatic N) is 1. The Hall–Kier alpha value is -0.830. The van der Waals surface area contributed by atoms with E-state index >= 15 is 0 Å². The maximum atomic E-state index is 11.0. The molecule has 0 spiro atoms. The molecule has 1 aromatic rings. The van der Waals surface area contributed by atoms with Crippen LogP contribution in [0.1, 0.15) is 12.0 Å². The van der Waals surface area contributed by atoms with Gasteiger partial charge in [0.15, 0.2) is 0 Å². The number of anilines is 1. The third-order valence-electron chi connectivity index (χ3n) is 2.52. The van der Waals surface area contributed by atoms with Crippen molar-refractivity contribution in [2.45, 2.75) is 12.8 Å². The Morgan fingerprint density at radius 2 is 2.21 bits per heavy atom. The van der Waals surface area contributed by atoms with Crippen molar-refractivity contribution in [3.05, 3.63) is 29.8 Å². The molecule has 74 valence electrons. The molecule has 0 fully saturated rings. The fourth-order valence-corrected chi connectivity index (χ4v) is 2.23. The summed E-state index contributed by atoms with van der Waals surface area (Å²) in [7, 11) is 0. The van der Waals surface area contributed by atoms with E-state index in [1.165, 1.54) is 11.3 Å². The van der Waals surface area contributed by atoms with Crippen molar-refractivity contribution < 1.29 is 4.79 Å². The van der Waals surface area contributed by atoms with Crippen molar-refractivity contribution in [3.8, 4) is 0 Å². The van der Waals surface area contributed by atoms with Crippen molar-refractivity contribution in [1.82, 2.24) is 0 Å². The predicted molar refractivity (Wildman–Crippen MR) is 60.9 cm³/mol. The summed E-state index contributed by atoms with van der Waals surface area (Å²) >= 11 is 2.98. The van der Waals surface area contributed by atoms with Crippen LogP contribution in [-0.4, -0.2) is 17.8 Å². The van der Waals surface area contributed by atoms with Crippen molar-refractivity contribution in [2.75, 3.05) is 18.0 Å². The van der Waals surface area contributed by atoms with Crippen LogP contribution in [0.25, 0.3) is 0 Å². The molecule has 0 unspecified atom stereocenters. The van der Waals surface area contributed by atoms with Gasteiger partial charge in [0.05, 0.1) is 6.54 Å². The second-order valence-corrected chi connectivity index (χ2v) is 4.39. The summed E-state index contributed by atoms with van der Waals surface area (Å²) < 4.78 is 0.0502. The first-order valence-electron chi connectivity index (χ1n) is 4.78. The fourth-order valence-electron chi connectivity index (χ4n) is 1.93. The molecule has 0 amide bonds. The van der Waals surface area contributed by atoms with Crippen LogP contribution < -0.4 is 4.90 Å². The van der Waals surface area contributed by atoms with Crippen LogP contribution >= 0.6 is 15.9 Å². The van der Waals surface area contributed by atoms with Gasteiger partial charge in [-0.15, -0.1) is 0 Å². The van der Waals surface area contributed by atoms with E-state index < -0.39 is 0 Å². The van der Waals surface area contributed by atoms with E-state index in [-0.39, 0.29) is 4.69 Å². The minimum atomic E-state index is 0.0502. The second-order valence-electron chi connectivity index (χ2n) is 3.51. The molecule has 1 heterocycles. The van der Waals surface area contributed by atoms with E-state index in [1.54, 1.807) is 0 Å². The molecule has 0 saturated carbocycles. The summed E-state index contributed by atoms with van der Waals surface area (Å²) in [5.41, 5.74) is 2.57. The number of halogens is 1. The van der Waals surface area contributed by atoms with Gasteiger partial charge in [-0.25, -0.2) is 0 Å². The average molecular weight is 254 g/mol. The molecule has 1 aromatic carbocycles. The van der Waals surface area contributed by atoms with E-state index in [0.29, 0.717) is 6.54 Å². The second kappa shape index (κ2) is 4.13. The van der Waals surface area contributed by atoms with Crippen molar-refractivity contribution in [3.63, 3.8) is 0 Å². The maximum Gasteiger partial charge on any atom is 0.216 e. The van der Waals surface area contributed by atoms with Gasteiger partial charge in [-0.2, -0.15) is 0 Å². The number of fused-ring (bicyclic) bond motifs is 1. The van der Waals surface area contributed by atoms with E-state index in [4.69, 9.17) is 0 Å². The van der Waals surface area contributed by atoms with Gasteiger partial charge in [0.1, 0.15) is 0 Å². The van der Waals surface area contributed by atoms with Gasteiger partial charge in [-0.1, -0.05) is 18.2 Å². The number of hydrogen-bond donors (Lipinski definition) is 0. The minimum absolute atomic E-state index is 0.0502. The molecule has 2 nitrogen and oxygen atoms in total. The van der Waals surface area contributed by atoms with Crippen LogP contribution in [-0.2, 0) is 11.2 Å². The lowest BCUT2D eigenvalue weighted by atomic mass is 10.0. The van der Waals surface area contributed by atoms with Crippen LogP contribution in [0.15, 0.2) is 24.3 Å². The Bertz CT molecular complexity index is 351. The standard InChI is InChI=1S/C11H12BrNO/c12-11(14)8-13-7-3-5-9-4-1-2-6-10(9)13/h1-2,4,6H,3,5,7-8H2. The number of aryl methyl sites for hydroxylation is 1. The highest BCUT2D eigenvalue weighted by Gasteiger charge is 2.17. The van der Waals surface area contributed by atoms with Crippen LogP contribution in [0.5, 0.6) is 0 Å². The molecule has 0 aliphatic carbocycles. The molecular weight excluding hydrogens is 242 g/mol. The van der Waals surface area contributed by atoms with Gasteiger partial charge in [-0.05, 0) is 40.4 Å². The number of hydrogen-bond acceptors (Lipinski definition) is 2. The first-order valence-corrected chi connectivity index (χ1v) is 5.58. The molecule has 1 aliphatic rings. The Labute approximate surface area is 92.0 Å². The van der Waals surface area contributed by atoms with Gasteiger partial charge in [0.25, 0.3) is 0 Å². The third kappa shape index (κ3) is 1.98. The lowest BCUT2D eigenvalue weighted by Crippen LogP contribution is -2.32. The lowest BCUT2D eigenvalue weighted by Gasteiger charge is -2.29. The zero-order valence-electron chi connectivity index (χ0n) is 7.87. The largest absolute Gasteiger partial charge is 0.363 e. The molecule has 0 atom stereocenters. The van der Waals surface area contributed by atoms with Gasteiger partial charge in [0, 0.05) is 12.2 Å². The van der Waals surface area contributed by atoms with E-state index in [2.05, 4.69) is 39.0 Å². The number of carbonyl (C=O) groups excluding carboxylic acids is 1. The Kier molecular flexibility index (Phi) is 2.87. The molecule has 0 bridgehead atoms. The summed E-state index contributed by atoms with van der Waals surface area (Å²) in [6, 6.07) is 8.30. The van der Waals surface area contributed by atoms with Gasteiger partial charge >= 0.3 is 0 Å². The summed E-state index contributed by atoms with van der Waals surface area (Å²) in [6.45, 7) is 1.45. The molecule has 0 aromatic heterocycles. The zero-order valence-corrected chi connectivity index (χ0v) is 9.46. The topological polar surface area (TPSA) is 20.3 Å². The van der Waals surface area contributed by atoms with Gasteiger partial charge in [-0.3, -0.25) is 4.79 Å². The number of benzene rings is 1. The van der Waals surface area contributed by atoms with E-state index in [9.17, 15) is 4.79 Å². The number of carbonyl (C=O) groups is 1. The normalized spacial score (nSPS) is 15.1. The molecule has 14 heavy (non-hydrogen) atoms. The third-order valence-corrected chi connectivity index (χ3v) is 2.77. The van der Waals surface area contributed by atoms with Gasteiger partial charge < -0.3 is 4.90 Å². The Morgan fingerprint density at radius 3 is 3.00 bits per heavy atom. The first-order chi connectivity index (χ1) is 6.77. The van der Waals surface area contributed by atoms with Crippen molar-refractivity contribution in [2.24, 2.45) is 0 Å². The first kappa shape index (κ1) is 9.71. The van der Waals surface area contributed by atoms with Crippen LogP contribution in [0, 0.1) is 0 Å². The summed E-state index contributed by atoms with van der Waals surface area (Å²) in [4.78, 5) is 13.1. The Balaban J connectivity index is 2.26. The summed E-state index contributed by atoms with van der Waals surface area (Å²) in [5.74, 6) is 0. The summed E-state index contributed by atoms with van der Waals surface area (Å²) in [6.07, 6.45) is 2.26.